The SMILES string of the molecule is Cc1ccc(C)c(NCc2cccc3c2OCO3)c1. The lowest BCUT2D eigenvalue weighted by Crippen LogP contribution is -2.02. The van der Waals surface area contributed by atoms with Gasteiger partial charge in [-0.2, -0.15) is 0 Å². The molecule has 2 aromatic carbocycles. The van der Waals surface area contributed by atoms with Crippen molar-refractivity contribution >= 4 is 5.69 Å². The van der Waals surface area contributed by atoms with Crippen LogP contribution in [0.5, 0.6) is 11.5 Å². The van der Waals surface area contributed by atoms with Crippen molar-refractivity contribution in [2.75, 3.05) is 12.1 Å². The molecule has 0 saturated carbocycles. The van der Waals surface area contributed by atoms with Crippen LogP contribution in [0.2, 0.25) is 0 Å². The molecule has 0 saturated heterocycles. The first-order valence-corrected chi connectivity index (χ1v) is 6.42. The molecule has 0 unspecified atom stereocenters. The van der Waals surface area contributed by atoms with Crippen LogP contribution in [0.15, 0.2) is 36.4 Å². The first-order valence-electron chi connectivity index (χ1n) is 6.42. The van der Waals surface area contributed by atoms with Gasteiger partial charge in [0.15, 0.2) is 11.5 Å². The molecule has 0 amide bonds. The highest BCUT2D eigenvalue weighted by Crippen LogP contribution is 2.35. The average molecular weight is 255 g/mol. The molecule has 2 aromatic rings. The Kier molecular flexibility index (Phi) is 3.03. The number of benzene rings is 2. The highest BCUT2D eigenvalue weighted by Gasteiger charge is 2.16. The zero-order chi connectivity index (χ0) is 13.2. The molecule has 3 heteroatoms. The minimum atomic E-state index is 0.315. The highest BCUT2D eigenvalue weighted by atomic mass is 16.7. The van der Waals surface area contributed by atoms with Gasteiger partial charge in [0.25, 0.3) is 0 Å². The summed E-state index contributed by atoms with van der Waals surface area (Å²) in [6.07, 6.45) is 0. The summed E-state index contributed by atoms with van der Waals surface area (Å²) in [5.41, 5.74) is 4.79. The number of fused-ring (bicyclic) bond motifs is 1. The van der Waals surface area contributed by atoms with E-state index in [1.165, 1.54) is 11.1 Å². The molecule has 0 aromatic heterocycles. The fourth-order valence-corrected chi connectivity index (χ4v) is 2.25. The Morgan fingerprint density at radius 3 is 2.89 bits per heavy atom. The van der Waals surface area contributed by atoms with Crippen molar-refractivity contribution < 1.29 is 9.47 Å². The quantitative estimate of drug-likeness (QED) is 0.908. The third-order valence-corrected chi connectivity index (χ3v) is 3.34. The van der Waals surface area contributed by atoms with Gasteiger partial charge in [-0.3, -0.25) is 0 Å². The molecule has 0 radical (unpaired) electrons. The summed E-state index contributed by atoms with van der Waals surface area (Å²) in [6, 6.07) is 12.4. The maximum Gasteiger partial charge on any atom is 0.231 e. The van der Waals surface area contributed by atoms with Crippen molar-refractivity contribution in [1.29, 1.82) is 0 Å². The molecule has 98 valence electrons. The molecule has 1 N–H and O–H groups in total. The van der Waals surface area contributed by atoms with Crippen LogP contribution in [-0.4, -0.2) is 6.79 Å². The monoisotopic (exact) mass is 255 g/mol. The van der Waals surface area contributed by atoms with E-state index in [0.29, 0.717) is 6.79 Å². The van der Waals surface area contributed by atoms with Gasteiger partial charge < -0.3 is 14.8 Å². The lowest BCUT2D eigenvalue weighted by atomic mass is 10.1. The number of aryl methyl sites for hydroxylation is 2. The predicted molar refractivity (Wildman–Crippen MR) is 75.8 cm³/mol. The smallest absolute Gasteiger partial charge is 0.231 e. The lowest BCUT2D eigenvalue weighted by Gasteiger charge is -2.12. The van der Waals surface area contributed by atoms with Crippen molar-refractivity contribution in [3.63, 3.8) is 0 Å². The molecule has 1 heterocycles. The zero-order valence-electron chi connectivity index (χ0n) is 11.2. The van der Waals surface area contributed by atoms with E-state index in [-0.39, 0.29) is 0 Å². The van der Waals surface area contributed by atoms with E-state index < -0.39 is 0 Å². The number of hydrogen-bond donors (Lipinski definition) is 1. The van der Waals surface area contributed by atoms with Crippen LogP contribution >= 0.6 is 0 Å². The third-order valence-electron chi connectivity index (χ3n) is 3.34. The summed E-state index contributed by atoms with van der Waals surface area (Å²) in [5.74, 6) is 1.69. The Labute approximate surface area is 113 Å². The zero-order valence-corrected chi connectivity index (χ0v) is 11.2. The Morgan fingerprint density at radius 2 is 2.00 bits per heavy atom. The fraction of sp³-hybridized carbons (Fsp3) is 0.250. The van der Waals surface area contributed by atoms with Crippen LogP contribution < -0.4 is 14.8 Å². The molecule has 0 atom stereocenters. The van der Waals surface area contributed by atoms with Gasteiger partial charge in [-0.25, -0.2) is 0 Å². The van der Waals surface area contributed by atoms with Crippen molar-refractivity contribution in [2.45, 2.75) is 20.4 Å². The van der Waals surface area contributed by atoms with E-state index in [1.54, 1.807) is 0 Å². The summed E-state index contributed by atoms with van der Waals surface area (Å²) < 4.78 is 10.9. The van der Waals surface area contributed by atoms with Gasteiger partial charge in [-0.1, -0.05) is 24.3 Å². The highest BCUT2D eigenvalue weighted by molar-refractivity contribution is 5.55. The number of para-hydroxylation sites is 1. The second kappa shape index (κ2) is 4.84. The molecule has 3 nitrogen and oxygen atoms in total. The number of anilines is 1. The van der Waals surface area contributed by atoms with E-state index in [4.69, 9.17) is 9.47 Å². The molecular formula is C16H17NO2. The van der Waals surface area contributed by atoms with Crippen molar-refractivity contribution in [2.24, 2.45) is 0 Å². The lowest BCUT2D eigenvalue weighted by molar-refractivity contribution is 0.173. The van der Waals surface area contributed by atoms with Gasteiger partial charge in [0.2, 0.25) is 6.79 Å². The predicted octanol–water partition coefficient (Wildman–Crippen LogP) is 3.64. The standard InChI is InChI=1S/C16H17NO2/c1-11-6-7-12(2)14(8-11)17-9-13-4-3-5-15-16(13)19-10-18-15/h3-8,17H,9-10H2,1-2H3. The molecule has 0 fully saturated rings. The summed E-state index contributed by atoms with van der Waals surface area (Å²) in [5, 5.41) is 3.46. The molecule has 0 aliphatic carbocycles. The normalized spacial score (nSPS) is 12.5. The largest absolute Gasteiger partial charge is 0.454 e. The molecule has 3 rings (SSSR count). The molecule has 1 aliphatic heterocycles. The minimum absolute atomic E-state index is 0.315. The maximum atomic E-state index is 5.51. The molecule has 0 bridgehead atoms. The van der Waals surface area contributed by atoms with E-state index in [9.17, 15) is 0 Å². The minimum Gasteiger partial charge on any atom is -0.454 e. The van der Waals surface area contributed by atoms with Crippen LogP contribution in [0.3, 0.4) is 0 Å². The summed E-state index contributed by atoms with van der Waals surface area (Å²) in [4.78, 5) is 0. The Bertz CT molecular complexity index is 608. The van der Waals surface area contributed by atoms with Crippen LogP contribution in [0.25, 0.3) is 0 Å². The molecule has 0 spiro atoms. The van der Waals surface area contributed by atoms with Gasteiger partial charge in [0.05, 0.1) is 0 Å². The number of nitrogens with one attached hydrogen (secondary N) is 1. The van der Waals surface area contributed by atoms with Crippen LogP contribution in [0.1, 0.15) is 16.7 Å². The topological polar surface area (TPSA) is 30.5 Å². The van der Waals surface area contributed by atoms with Gasteiger partial charge >= 0.3 is 0 Å². The van der Waals surface area contributed by atoms with E-state index >= 15 is 0 Å². The van der Waals surface area contributed by atoms with Crippen molar-refractivity contribution in [3.8, 4) is 11.5 Å². The first-order chi connectivity index (χ1) is 9.24. The molecule has 19 heavy (non-hydrogen) atoms. The summed E-state index contributed by atoms with van der Waals surface area (Å²) in [6.45, 7) is 5.26. The van der Waals surface area contributed by atoms with E-state index in [0.717, 1.165) is 29.3 Å². The number of ether oxygens (including phenoxy) is 2. The van der Waals surface area contributed by atoms with E-state index in [2.05, 4.69) is 43.4 Å². The van der Waals surface area contributed by atoms with Crippen LogP contribution in [0.4, 0.5) is 5.69 Å². The maximum absolute atomic E-state index is 5.51. The van der Waals surface area contributed by atoms with Gasteiger partial charge in [0, 0.05) is 17.8 Å². The van der Waals surface area contributed by atoms with Crippen molar-refractivity contribution in [1.82, 2.24) is 0 Å². The Hall–Kier alpha value is -2.16. The summed E-state index contributed by atoms with van der Waals surface area (Å²) in [7, 11) is 0. The first kappa shape index (κ1) is 11.9. The average Bonchev–Trinajstić information content (AvgIpc) is 2.88. The van der Waals surface area contributed by atoms with Gasteiger partial charge in [-0.05, 0) is 37.1 Å². The van der Waals surface area contributed by atoms with Gasteiger partial charge in [0.1, 0.15) is 0 Å². The number of rotatable bonds is 3. The molecular weight excluding hydrogens is 238 g/mol. The second-order valence-corrected chi connectivity index (χ2v) is 4.82. The fourth-order valence-electron chi connectivity index (χ4n) is 2.25. The summed E-state index contributed by atoms with van der Waals surface area (Å²) >= 11 is 0. The third kappa shape index (κ3) is 2.36. The Morgan fingerprint density at radius 1 is 1.11 bits per heavy atom. The number of hydrogen-bond acceptors (Lipinski definition) is 3. The second-order valence-electron chi connectivity index (χ2n) is 4.82. The molecule has 1 aliphatic rings. The van der Waals surface area contributed by atoms with Crippen LogP contribution in [-0.2, 0) is 6.54 Å². The van der Waals surface area contributed by atoms with Crippen LogP contribution in [0, 0.1) is 13.8 Å². The van der Waals surface area contributed by atoms with E-state index in [1.807, 2.05) is 12.1 Å². The van der Waals surface area contributed by atoms with Gasteiger partial charge in [-0.15, -0.1) is 0 Å². The van der Waals surface area contributed by atoms with Crippen molar-refractivity contribution in [3.05, 3.63) is 53.1 Å². The Balaban J connectivity index is 1.80.